The highest BCUT2D eigenvalue weighted by Crippen LogP contribution is 2.29. The topological polar surface area (TPSA) is 81.2 Å². The predicted octanol–water partition coefficient (Wildman–Crippen LogP) is 1.34. The lowest BCUT2D eigenvalue weighted by atomic mass is 10.0. The Kier molecular flexibility index (Phi) is 4.04. The molecule has 1 aromatic carbocycles. The van der Waals surface area contributed by atoms with E-state index in [4.69, 9.17) is 11.6 Å². The number of nitrogens with zero attached hydrogens (tertiary/aromatic N) is 2. The minimum atomic E-state index is -0.433. The van der Waals surface area contributed by atoms with E-state index in [-0.39, 0.29) is 11.9 Å². The van der Waals surface area contributed by atoms with Crippen LogP contribution in [0.15, 0.2) is 24.3 Å². The number of aromatic nitrogens is 2. The van der Waals surface area contributed by atoms with Crippen LogP contribution in [0.1, 0.15) is 17.7 Å². The smallest absolute Gasteiger partial charge is 0.240 e. The first-order chi connectivity index (χ1) is 11.6. The second kappa shape index (κ2) is 6.20. The van der Waals surface area contributed by atoms with Crippen molar-refractivity contribution in [3.63, 3.8) is 0 Å². The number of H-pyrrole nitrogens is 1. The molecule has 2 aromatic rings. The zero-order valence-corrected chi connectivity index (χ0v) is 13.9. The molecule has 126 valence electrons. The number of aliphatic hydroxyl groups is 1. The summed E-state index contributed by atoms with van der Waals surface area (Å²) >= 11 is 5.96. The number of fused-ring (bicyclic) bond motifs is 1. The van der Waals surface area contributed by atoms with Crippen LogP contribution in [0.25, 0.3) is 11.3 Å². The molecule has 1 saturated heterocycles. The number of carbonyl (C=O) groups excluding carboxylic acids is 1. The number of nitrogens with one attached hydrogen (secondary N) is 2. The van der Waals surface area contributed by atoms with Gasteiger partial charge in [0.15, 0.2) is 0 Å². The molecule has 0 spiro atoms. The van der Waals surface area contributed by atoms with Gasteiger partial charge in [-0.3, -0.25) is 9.89 Å². The fourth-order valence-electron chi connectivity index (χ4n) is 3.46. The molecular formula is C17H19ClN4O2. The first kappa shape index (κ1) is 15.6. The zero-order valence-electron chi connectivity index (χ0n) is 13.1. The number of aliphatic hydroxyl groups excluding tert-OH is 1. The van der Waals surface area contributed by atoms with Crippen LogP contribution < -0.4 is 5.32 Å². The van der Waals surface area contributed by atoms with E-state index in [0.717, 1.165) is 28.9 Å². The van der Waals surface area contributed by atoms with Crippen molar-refractivity contribution in [2.45, 2.75) is 31.5 Å². The van der Waals surface area contributed by atoms with Gasteiger partial charge in [-0.25, -0.2) is 0 Å². The number of β-amino-alcohol motifs (C(OH)–C–C–N with tert-alkyl or cyclic N) is 1. The lowest BCUT2D eigenvalue weighted by Crippen LogP contribution is -2.45. The van der Waals surface area contributed by atoms with Crippen molar-refractivity contribution in [1.29, 1.82) is 0 Å². The van der Waals surface area contributed by atoms with E-state index in [1.54, 1.807) is 0 Å². The summed E-state index contributed by atoms with van der Waals surface area (Å²) in [5.41, 5.74) is 4.01. The molecular weight excluding hydrogens is 328 g/mol. The van der Waals surface area contributed by atoms with Gasteiger partial charge in [-0.05, 0) is 18.6 Å². The highest BCUT2D eigenvalue weighted by atomic mass is 35.5. The van der Waals surface area contributed by atoms with Crippen LogP contribution in [-0.2, 0) is 17.8 Å². The number of benzene rings is 1. The molecule has 2 aliphatic rings. The van der Waals surface area contributed by atoms with Crippen molar-refractivity contribution in [2.24, 2.45) is 0 Å². The third kappa shape index (κ3) is 2.81. The molecule has 1 amide bonds. The normalized spacial score (nSPS) is 23.3. The fraction of sp³-hybridized carbons (Fsp3) is 0.412. The summed E-state index contributed by atoms with van der Waals surface area (Å²) in [6.07, 6.45) is 0.812. The molecule has 2 aliphatic heterocycles. The molecule has 0 saturated carbocycles. The van der Waals surface area contributed by atoms with Gasteiger partial charge in [-0.1, -0.05) is 23.7 Å². The summed E-state index contributed by atoms with van der Waals surface area (Å²) in [6.45, 7) is 1.69. The molecule has 24 heavy (non-hydrogen) atoms. The number of halogens is 1. The van der Waals surface area contributed by atoms with Gasteiger partial charge in [0.25, 0.3) is 0 Å². The Morgan fingerprint density at radius 1 is 1.33 bits per heavy atom. The molecule has 2 atom stereocenters. The number of aromatic amines is 1. The average molecular weight is 347 g/mol. The molecule has 0 radical (unpaired) electrons. The second-order valence-electron chi connectivity index (χ2n) is 6.40. The highest BCUT2D eigenvalue weighted by molar-refractivity contribution is 6.30. The van der Waals surface area contributed by atoms with E-state index < -0.39 is 6.10 Å². The van der Waals surface area contributed by atoms with Gasteiger partial charge < -0.3 is 15.3 Å². The summed E-state index contributed by atoms with van der Waals surface area (Å²) in [5.74, 6) is 0.0560. The minimum absolute atomic E-state index is 0.0560. The number of rotatable bonds is 2. The van der Waals surface area contributed by atoms with Gasteiger partial charge in [-0.2, -0.15) is 5.10 Å². The van der Waals surface area contributed by atoms with E-state index in [2.05, 4.69) is 15.5 Å². The Labute approximate surface area is 144 Å². The molecule has 0 aliphatic carbocycles. The Balaban J connectivity index is 1.57. The van der Waals surface area contributed by atoms with Crippen LogP contribution in [0.4, 0.5) is 0 Å². The van der Waals surface area contributed by atoms with Gasteiger partial charge >= 0.3 is 0 Å². The Morgan fingerprint density at radius 3 is 2.83 bits per heavy atom. The standard InChI is InChI=1S/C17H19ClN4O2/c18-11-3-1-10(2-4-11)16-13-9-22(6-5-14(13)20-21-16)17(24)15-7-12(23)8-19-15/h1-4,12,15,19,23H,5-9H2,(H,20,21)/t12-,15+/m0/s1. The van der Waals surface area contributed by atoms with Crippen LogP contribution in [0.3, 0.4) is 0 Å². The quantitative estimate of drug-likeness (QED) is 0.766. The highest BCUT2D eigenvalue weighted by Gasteiger charge is 2.33. The van der Waals surface area contributed by atoms with Gasteiger partial charge in [0.1, 0.15) is 0 Å². The predicted molar refractivity (Wildman–Crippen MR) is 90.6 cm³/mol. The number of amides is 1. The Morgan fingerprint density at radius 2 is 2.12 bits per heavy atom. The third-order valence-electron chi connectivity index (χ3n) is 4.77. The maximum atomic E-state index is 12.7. The van der Waals surface area contributed by atoms with Crippen LogP contribution in [-0.4, -0.2) is 51.3 Å². The van der Waals surface area contributed by atoms with Crippen LogP contribution >= 0.6 is 11.6 Å². The summed E-state index contributed by atoms with van der Waals surface area (Å²) in [7, 11) is 0. The first-order valence-corrected chi connectivity index (χ1v) is 8.52. The number of hydrogen-bond donors (Lipinski definition) is 3. The van der Waals surface area contributed by atoms with Gasteiger partial charge in [0.2, 0.25) is 5.91 Å². The SMILES string of the molecule is O=C([C@H]1C[C@H](O)CN1)N1CCc2[nH]nc(-c3ccc(Cl)cc3)c2C1. The van der Waals surface area contributed by atoms with Crippen molar-refractivity contribution >= 4 is 17.5 Å². The minimum Gasteiger partial charge on any atom is -0.392 e. The lowest BCUT2D eigenvalue weighted by Gasteiger charge is -2.29. The van der Waals surface area contributed by atoms with Crippen molar-refractivity contribution in [3.05, 3.63) is 40.5 Å². The largest absolute Gasteiger partial charge is 0.392 e. The lowest BCUT2D eigenvalue weighted by molar-refractivity contribution is -0.134. The zero-order chi connectivity index (χ0) is 16.7. The number of hydrogen-bond acceptors (Lipinski definition) is 4. The van der Waals surface area contributed by atoms with E-state index >= 15 is 0 Å². The molecule has 3 N–H and O–H groups in total. The van der Waals surface area contributed by atoms with Gasteiger partial charge in [0, 0.05) is 47.9 Å². The monoisotopic (exact) mass is 346 g/mol. The van der Waals surface area contributed by atoms with Crippen molar-refractivity contribution in [3.8, 4) is 11.3 Å². The van der Waals surface area contributed by atoms with Crippen molar-refractivity contribution in [2.75, 3.05) is 13.1 Å². The summed E-state index contributed by atoms with van der Waals surface area (Å²) < 4.78 is 0. The number of carbonyl (C=O) groups is 1. The van der Waals surface area contributed by atoms with E-state index in [0.29, 0.717) is 31.1 Å². The Hall–Kier alpha value is -1.89. The van der Waals surface area contributed by atoms with E-state index in [1.807, 2.05) is 29.2 Å². The molecule has 7 heteroatoms. The molecule has 0 bridgehead atoms. The average Bonchev–Trinajstić information content (AvgIpc) is 3.21. The van der Waals surface area contributed by atoms with Crippen LogP contribution in [0, 0.1) is 0 Å². The van der Waals surface area contributed by atoms with Crippen LogP contribution in [0.2, 0.25) is 5.02 Å². The summed E-state index contributed by atoms with van der Waals surface area (Å²) in [4.78, 5) is 14.5. The Bertz CT molecular complexity index is 758. The van der Waals surface area contributed by atoms with Crippen molar-refractivity contribution in [1.82, 2.24) is 20.4 Å². The molecule has 6 nitrogen and oxygen atoms in total. The third-order valence-corrected chi connectivity index (χ3v) is 5.02. The second-order valence-corrected chi connectivity index (χ2v) is 6.83. The molecule has 0 unspecified atom stereocenters. The molecule has 4 rings (SSSR count). The first-order valence-electron chi connectivity index (χ1n) is 8.14. The molecule has 3 heterocycles. The van der Waals surface area contributed by atoms with Gasteiger partial charge in [-0.15, -0.1) is 0 Å². The van der Waals surface area contributed by atoms with Gasteiger partial charge in [0.05, 0.1) is 17.8 Å². The maximum Gasteiger partial charge on any atom is 0.240 e. The van der Waals surface area contributed by atoms with E-state index in [1.165, 1.54) is 0 Å². The van der Waals surface area contributed by atoms with Crippen LogP contribution in [0.5, 0.6) is 0 Å². The molecule has 1 aromatic heterocycles. The maximum absolute atomic E-state index is 12.7. The summed E-state index contributed by atoms with van der Waals surface area (Å²) in [5, 5.41) is 20.9. The fourth-order valence-corrected chi connectivity index (χ4v) is 3.58. The molecule has 1 fully saturated rings. The van der Waals surface area contributed by atoms with Crippen molar-refractivity contribution < 1.29 is 9.90 Å². The van der Waals surface area contributed by atoms with E-state index in [9.17, 15) is 9.90 Å². The summed E-state index contributed by atoms with van der Waals surface area (Å²) in [6, 6.07) is 7.27.